The van der Waals surface area contributed by atoms with Crippen LogP contribution in [0, 0.1) is 5.92 Å². The Bertz CT molecular complexity index is 401. The van der Waals surface area contributed by atoms with E-state index in [-0.39, 0.29) is 6.61 Å². The molecule has 0 radical (unpaired) electrons. The minimum Gasteiger partial charge on any atom is -0.396 e. The first-order valence-electron chi connectivity index (χ1n) is 6.45. The van der Waals surface area contributed by atoms with Gasteiger partial charge < -0.3 is 15.1 Å². The lowest BCUT2D eigenvalue weighted by atomic mass is 9.96. The summed E-state index contributed by atoms with van der Waals surface area (Å²) in [6, 6.07) is 6.01. The van der Waals surface area contributed by atoms with E-state index < -0.39 is 6.10 Å². The second kappa shape index (κ2) is 6.04. The van der Waals surface area contributed by atoms with E-state index in [9.17, 15) is 5.11 Å². The van der Waals surface area contributed by atoms with Crippen LogP contribution in [0.15, 0.2) is 22.7 Å². The number of rotatable bonds is 3. The topological polar surface area (TPSA) is 43.7 Å². The predicted molar refractivity (Wildman–Crippen MR) is 76.8 cm³/mol. The summed E-state index contributed by atoms with van der Waals surface area (Å²) in [5, 5.41) is 19.0. The lowest BCUT2D eigenvalue weighted by molar-refractivity contribution is 0.196. The van der Waals surface area contributed by atoms with Crippen LogP contribution in [0.2, 0.25) is 0 Å². The van der Waals surface area contributed by atoms with Gasteiger partial charge in [-0.1, -0.05) is 22.0 Å². The van der Waals surface area contributed by atoms with E-state index in [1.807, 2.05) is 12.1 Å². The summed E-state index contributed by atoms with van der Waals surface area (Å²) in [5.41, 5.74) is 2.08. The number of aliphatic hydroxyl groups excluding tert-OH is 2. The number of anilines is 1. The summed E-state index contributed by atoms with van der Waals surface area (Å²) in [4.78, 5) is 2.30. The van der Waals surface area contributed by atoms with Gasteiger partial charge in [0.05, 0.1) is 6.10 Å². The van der Waals surface area contributed by atoms with Crippen molar-refractivity contribution in [2.45, 2.75) is 25.9 Å². The van der Waals surface area contributed by atoms with Crippen LogP contribution in [0.5, 0.6) is 0 Å². The first-order valence-corrected chi connectivity index (χ1v) is 7.24. The Hall–Kier alpha value is -0.580. The smallest absolute Gasteiger partial charge is 0.0782 e. The van der Waals surface area contributed by atoms with Gasteiger partial charge in [0.25, 0.3) is 0 Å². The van der Waals surface area contributed by atoms with E-state index in [4.69, 9.17) is 5.11 Å². The van der Waals surface area contributed by atoms with Gasteiger partial charge in [0.2, 0.25) is 0 Å². The molecule has 0 bridgehead atoms. The van der Waals surface area contributed by atoms with Crippen molar-refractivity contribution in [3.63, 3.8) is 0 Å². The minimum atomic E-state index is -0.455. The Morgan fingerprint density at radius 3 is 2.61 bits per heavy atom. The van der Waals surface area contributed by atoms with Crippen LogP contribution in [-0.4, -0.2) is 29.9 Å². The van der Waals surface area contributed by atoms with Crippen molar-refractivity contribution in [3.8, 4) is 0 Å². The molecule has 1 unspecified atom stereocenters. The van der Waals surface area contributed by atoms with Crippen LogP contribution >= 0.6 is 15.9 Å². The zero-order valence-electron chi connectivity index (χ0n) is 10.6. The van der Waals surface area contributed by atoms with Gasteiger partial charge >= 0.3 is 0 Å². The second-order valence-electron chi connectivity index (χ2n) is 4.99. The lowest BCUT2D eigenvalue weighted by Crippen LogP contribution is -2.35. The maximum Gasteiger partial charge on any atom is 0.0782 e. The van der Waals surface area contributed by atoms with Crippen molar-refractivity contribution in [2.24, 2.45) is 5.92 Å². The molecular formula is C14H20BrNO2. The van der Waals surface area contributed by atoms with Crippen molar-refractivity contribution < 1.29 is 10.2 Å². The highest BCUT2D eigenvalue weighted by Gasteiger charge is 2.21. The van der Waals surface area contributed by atoms with Gasteiger partial charge in [0, 0.05) is 35.4 Å². The molecular weight excluding hydrogens is 294 g/mol. The Morgan fingerprint density at radius 1 is 1.39 bits per heavy atom. The van der Waals surface area contributed by atoms with Gasteiger partial charge in [-0.05, 0) is 37.8 Å². The number of halogens is 1. The number of aliphatic hydroxyl groups is 2. The molecule has 1 atom stereocenters. The molecule has 0 amide bonds. The van der Waals surface area contributed by atoms with Crippen LogP contribution in [-0.2, 0) is 0 Å². The highest BCUT2D eigenvalue weighted by atomic mass is 79.9. The maximum absolute atomic E-state index is 9.84. The fraction of sp³-hybridized carbons (Fsp3) is 0.571. The van der Waals surface area contributed by atoms with Crippen LogP contribution in [0.4, 0.5) is 5.69 Å². The van der Waals surface area contributed by atoms with Crippen LogP contribution in [0.25, 0.3) is 0 Å². The molecule has 0 spiro atoms. The fourth-order valence-electron chi connectivity index (χ4n) is 2.50. The van der Waals surface area contributed by atoms with E-state index in [0.29, 0.717) is 5.92 Å². The molecule has 0 aromatic heterocycles. The van der Waals surface area contributed by atoms with E-state index >= 15 is 0 Å². The normalized spacial score (nSPS) is 19.0. The third-order valence-electron chi connectivity index (χ3n) is 3.66. The number of piperidine rings is 1. The van der Waals surface area contributed by atoms with Crippen molar-refractivity contribution in [1.29, 1.82) is 0 Å². The van der Waals surface area contributed by atoms with Gasteiger partial charge in [0.1, 0.15) is 0 Å². The van der Waals surface area contributed by atoms with Gasteiger partial charge in [0.15, 0.2) is 0 Å². The third-order valence-corrected chi connectivity index (χ3v) is 4.15. The summed E-state index contributed by atoms with van der Waals surface area (Å²) < 4.78 is 1.03. The average molecular weight is 314 g/mol. The Balaban J connectivity index is 2.20. The monoisotopic (exact) mass is 313 g/mol. The number of hydrogen-bond donors (Lipinski definition) is 2. The molecule has 18 heavy (non-hydrogen) atoms. The Labute approximate surface area is 117 Å². The third kappa shape index (κ3) is 3.05. The van der Waals surface area contributed by atoms with E-state index in [2.05, 4.69) is 26.9 Å². The molecule has 4 heteroatoms. The highest BCUT2D eigenvalue weighted by molar-refractivity contribution is 9.10. The number of benzene rings is 1. The first kappa shape index (κ1) is 13.8. The molecule has 1 saturated heterocycles. The number of hydrogen-bond acceptors (Lipinski definition) is 3. The second-order valence-corrected chi connectivity index (χ2v) is 5.91. The molecule has 1 aromatic carbocycles. The average Bonchev–Trinajstić information content (AvgIpc) is 2.38. The molecule has 2 rings (SSSR count). The molecule has 1 heterocycles. The number of nitrogens with zero attached hydrogens (tertiary/aromatic N) is 1. The summed E-state index contributed by atoms with van der Waals surface area (Å²) >= 11 is 3.49. The Kier molecular flexibility index (Phi) is 4.65. The zero-order valence-corrected chi connectivity index (χ0v) is 12.2. The lowest BCUT2D eigenvalue weighted by Gasteiger charge is -2.34. The van der Waals surface area contributed by atoms with Gasteiger partial charge in [-0.15, -0.1) is 0 Å². The molecule has 1 aliphatic heterocycles. The molecule has 0 aliphatic carbocycles. The highest BCUT2D eigenvalue weighted by Crippen LogP contribution is 2.32. The van der Waals surface area contributed by atoms with Crippen LogP contribution < -0.4 is 4.90 Å². The van der Waals surface area contributed by atoms with Crippen molar-refractivity contribution in [2.75, 3.05) is 24.6 Å². The predicted octanol–water partition coefficient (Wildman–Crippen LogP) is 2.71. The van der Waals surface area contributed by atoms with Gasteiger partial charge in [-0.25, -0.2) is 0 Å². The summed E-state index contributed by atoms with van der Waals surface area (Å²) in [5.74, 6) is 0.434. The summed E-state index contributed by atoms with van der Waals surface area (Å²) in [6.07, 6.45) is 1.58. The quantitative estimate of drug-likeness (QED) is 0.901. The zero-order chi connectivity index (χ0) is 13.1. The van der Waals surface area contributed by atoms with Crippen LogP contribution in [0.1, 0.15) is 31.4 Å². The van der Waals surface area contributed by atoms with Crippen molar-refractivity contribution >= 4 is 21.6 Å². The largest absolute Gasteiger partial charge is 0.396 e. The maximum atomic E-state index is 9.84. The standard InChI is InChI=1S/C14H20BrNO2/c1-10(18)13-3-2-12(15)8-14(13)16-6-4-11(9-17)5-7-16/h2-3,8,10-11,17-18H,4-7,9H2,1H3. The molecule has 1 aromatic rings. The molecule has 100 valence electrons. The van der Waals surface area contributed by atoms with Gasteiger partial charge in [-0.2, -0.15) is 0 Å². The fourth-order valence-corrected chi connectivity index (χ4v) is 2.85. The molecule has 1 fully saturated rings. The van der Waals surface area contributed by atoms with Crippen molar-refractivity contribution in [1.82, 2.24) is 0 Å². The van der Waals surface area contributed by atoms with Gasteiger partial charge in [-0.3, -0.25) is 0 Å². The summed E-state index contributed by atoms with van der Waals surface area (Å²) in [6.45, 7) is 3.98. The first-order chi connectivity index (χ1) is 8.61. The molecule has 0 saturated carbocycles. The van der Waals surface area contributed by atoms with E-state index in [1.54, 1.807) is 6.92 Å². The SMILES string of the molecule is CC(O)c1ccc(Br)cc1N1CCC(CO)CC1. The molecule has 3 nitrogen and oxygen atoms in total. The van der Waals surface area contributed by atoms with E-state index in [1.165, 1.54) is 0 Å². The molecule has 1 aliphatic rings. The van der Waals surface area contributed by atoms with Crippen molar-refractivity contribution in [3.05, 3.63) is 28.2 Å². The van der Waals surface area contributed by atoms with E-state index in [0.717, 1.165) is 41.7 Å². The minimum absolute atomic E-state index is 0.287. The Morgan fingerprint density at radius 2 is 2.06 bits per heavy atom. The summed E-state index contributed by atoms with van der Waals surface area (Å²) in [7, 11) is 0. The van der Waals surface area contributed by atoms with Crippen LogP contribution in [0.3, 0.4) is 0 Å². The molecule has 2 N–H and O–H groups in total.